The van der Waals surface area contributed by atoms with E-state index >= 15 is 0 Å². The molecule has 0 fully saturated rings. The van der Waals surface area contributed by atoms with Gasteiger partial charge in [-0.15, -0.1) is 11.3 Å². The van der Waals surface area contributed by atoms with E-state index in [1.807, 2.05) is 6.07 Å². The van der Waals surface area contributed by atoms with Crippen LogP contribution in [0.4, 0.5) is 11.4 Å². The fourth-order valence-corrected chi connectivity index (χ4v) is 2.66. The van der Waals surface area contributed by atoms with E-state index in [0.29, 0.717) is 23.5 Å². The Balaban J connectivity index is 2.01. The number of benzene rings is 1. The van der Waals surface area contributed by atoms with Crippen LogP contribution in [-0.4, -0.2) is 5.91 Å². The highest BCUT2D eigenvalue weighted by molar-refractivity contribution is 7.11. The molecular formula is C14H17N3OS. The summed E-state index contributed by atoms with van der Waals surface area (Å²) < 4.78 is 0. The Hall–Kier alpha value is -2.01. The lowest BCUT2D eigenvalue weighted by Crippen LogP contribution is -2.23. The molecule has 0 aliphatic heterocycles. The van der Waals surface area contributed by atoms with E-state index in [1.165, 1.54) is 4.88 Å². The Morgan fingerprint density at radius 3 is 2.58 bits per heavy atom. The monoisotopic (exact) mass is 275 g/mol. The Labute approximate surface area is 116 Å². The van der Waals surface area contributed by atoms with Crippen molar-refractivity contribution in [2.24, 2.45) is 0 Å². The zero-order valence-electron chi connectivity index (χ0n) is 10.8. The molecule has 0 saturated heterocycles. The molecule has 5 N–H and O–H groups in total. The van der Waals surface area contributed by atoms with Crippen molar-refractivity contribution in [2.75, 3.05) is 11.5 Å². The van der Waals surface area contributed by atoms with Gasteiger partial charge < -0.3 is 16.8 Å². The fraction of sp³-hybridized carbons (Fsp3) is 0.214. The summed E-state index contributed by atoms with van der Waals surface area (Å²) in [6, 6.07) is 9.03. The largest absolute Gasteiger partial charge is 0.399 e. The SMILES string of the molecule is CCc1ccc(CNC(=O)c2ccc(N)cc2N)s1. The third-order valence-corrected chi connectivity index (χ3v) is 4.04. The molecule has 2 rings (SSSR count). The Kier molecular flexibility index (Phi) is 4.06. The van der Waals surface area contributed by atoms with Gasteiger partial charge in [0.1, 0.15) is 0 Å². The van der Waals surface area contributed by atoms with Crippen LogP contribution in [0.2, 0.25) is 0 Å². The second-order valence-electron chi connectivity index (χ2n) is 4.25. The van der Waals surface area contributed by atoms with E-state index in [0.717, 1.165) is 11.3 Å². The highest BCUT2D eigenvalue weighted by Crippen LogP contribution is 2.18. The first kappa shape index (κ1) is 13.4. The van der Waals surface area contributed by atoms with Crippen molar-refractivity contribution in [1.82, 2.24) is 5.32 Å². The van der Waals surface area contributed by atoms with Gasteiger partial charge in [-0.3, -0.25) is 4.79 Å². The summed E-state index contributed by atoms with van der Waals surface area (Å²) >= 11 is 1.71. The van der Waals surface area contributed by atoms with Crippen LogP contribution in [0.15, 0.2) is 30.3 Å². The molecule has 0 spiro atoms. The number of nitrogens with one attached hydrogen (secondary N) is 1. The van der Waals surface area contributed by atoms with Crippen LogP contribution in [0, 0.1) is 0 Å². The molecule has 0 bridgehead atoms. The molecule has 0 aliphatic rings. The first-order valence-electron chi connectivity index (χ1n) is 6.11. The number of nitrogen functional groups attached to an aromatic ring is 2. The van der Waals surface area contributed by atoms with Crippen LogP contribution in [-0.2, 0) is 13.0 Å². The van der Waals surface area contributed by atoms with E-state index < -0.39 is 0 Å². The number of carbonyl (C=O) groups excluding carboxylic acids is 1. The number of carbonyl (C=O) groups is 1. The predicted molar refractivity (Wildman–Crippen MR) is 80.1 cm³/mol. The van der Waals surface area contributed by atoms with Gasteiger partial charge in [0, 0.05) is 21.1 Å². The molecule has 1 aromatic heterocycles. The smallest absolute Gasteiger partial charge is 0.253 e. The number of aryl methyl sites for hydroxylation is 1. The van der Waals surface area contributed by atoms with Crippen LogP contribution in [0.1, 0.15) is 27.0 Å². The molecule has 1 aromatic carbocycles. The lowest BCUT2D eigenvalue weighted by atomic mass is 10.1. The van der Waals surface area contributed by atoms with Gasteiger partial charge in [-0.2, -0.15) is 0 Å². The van der Waals surface area contributed by atoms with Gasteiger partial charge in [0.2, 0.25) is 0 Å². The van der Waals surface area contributed by atoms with Crippen LogP contribution >= 0.6 is 11.3 Å². The molecule has 0 radical (unpaired) electrons. The third-order valence-electron chi connectivity index (χ3n) is 2.81. The average molecular weight is 275 g/mol. The Morgan fingerprint density at radius 1 is 1.21 bits per heavy atom. The maximum absolute atomic E-state index is 12.0. The van der Waals surface area contributed by atoms with Crippen molar-refractivity contribution in [3.63, 3.8) is 0 Å². The highest BCUT2D eigenvalue weighted by Gasteiger charge is 2.09. The van der Waals surface area contributed by atoms with Gasteiger partial charge in [0.05, 0.1) is 12.1 Å². The van der Waals surface area contributed by atoms with E-state index in [-0.39, 0.29) is 5.91 Å². The van der Waals surface area contributed by atoms with Gasteiger partial charge in [0.15, 0.2) is 0 Å². The normalized spacial score (nSPS) is 10.4. The zero-order chi connectivity index (χ0) is 13.8. The number of amides is 1. The van der Waals surface area contributed by atoms with Crippen molar-refractivity contribution in [3.8, 4) is 0 Å². The van der Waals surface area contributed by atoms with E-state index in [2.05, 4.69) is 18.3 Å². The molecule has 1 heterocycles. The van der Waals surface area contributed by atoms with Crippen molar-refractivity contribution < 1.29 is 4.79 Å². The number of anilines is 2. The molecule has 0 saturated carbocycles. The molecule has 2 aromatic rings. The number of thiophene rings is 1. The summed E-state index contributed by atoms with van der Waals surface area (Å²) in [6.07, 6.45) is 1.02. The second kappa shape index (κ2) is 5.75. The maximum Gasteiger partial charge on any atom is 0.253 e. The van der Waals surface area contributed by atoms with Crippen LogP contribution < -0.4 is 16.8 Å². The molecule has 0 aliphatic carbocycles. The fourth-order valence-electron chi connectivity index (χ4n) is 1.76. The van der Waals surface area contributed by atoms with Crippen LogP contribution in [0.5, 0.6) is 0 Å². The second-order valence-corrected chi connectivity index (χ2v) is 5.50. The molecule has 0 atom stereocenters. The molecule has 5 heteroatoms. The molecule has 0 unspecified atom stereocenters. The molecule has 19 heavy (non-hydrogen) atoms. The number of rotatable bonds is 4. The first-order valence-corrected chi connectivity index (χ1v) is 6.92. The van der Waals surface area contributed by atoms with Crippen LogP contribution in [0.3, 0.4) is 0 Å². The summed E-state index contributed by atoms with van der Waals surface area (Å²) in [5.74, 6) is -0.177. The van der Waals surface area contributed by atoms with Crippen molar-refractivity contribution in [3.05, 3.63) is 45.6 Å². The topological polar surface area (TPSA) is 81.1 Å². The molecular weight excluding hydrogens is 258 g/mol. The minimum absolute atomic E-state index is 0.177. The summed E-state index contributed by atoms with van der Waals surface area (Å²) in [4.78, 5) is 14.5. The summed E-state index contributed by atoms with van der Waals surface area (Å²) in [6.45, 7) is 2.64. The van der Waals surface area contributed by atoms with Crippen molar-refractivity contribution >= 4 is 28.6 Å². The van der Waals surface area contributed by atoms with Gasteiger partial charge in [-0.1, -0.05) is 6.92 Å². The van der Waals surface area contributed by atoms with E-state index in [4.69, 9.17) is 11.5 Å². The quantitative estimate of drug-likeness (QED) is 0.749. The standard InChI is InChI=1S/C14H17N3OS/c1-2-10-4-5-11(19-10)8-17-14(18)12-6-3-9(15)7-13(12)16/h3-7H,2,8,15-16H2,1H3,(H,17,18). The minimum atomic E-state index is -0.177. The molecule has 1 amide bonds. The average Bonchev–Trinajstić information content (AvgIpc) is 2.84. The van der Waals surface area contributed by atoms with Crippen molar-refractivity contribution in [2.45, 2.75) is 19.9 Å². The summed E-state index contributed by atoms with van der Waals surface area (Å²) in [5, 5.41) is 2.86. The maximum atomic E-state index is 12.0. The summed E-state index contributed by atoms with van der Waals surface area (Å²) in [7, 11) is 0. The third kappa shape index (κ3) is 3.26. The number of hydrogen-bond donors (Lipinski definition) is 3. The molecule has 100 valence electrons. The number of hydrogen-bond acceptors (Lipinski definition) is 4. The van der Waals surface area contributed by atoms with Gasteiger partial charge in [-0.05, 0) is 36.8 Å². The van der Waals surface area contributed by atoms with Gasteiger partial charge in [-0.25, -0.2) is 0 Å². The zero-order valence-corrected chi connectivity index (χ0v) is 11.6. The van der Waals surface area contributed by atoms with E-state index in [9.17, 15) is 4.79 Å². The lowest BCUT2D eigenvalue weighted by Gasteiger charge is -2.07. The predicted octanol–water partition coefficient (Wildman–Crippen LogP) is 2.40. The summed E-state index contributed by atoms with van der Waals surface area (Å²) in [5.41, 5.74) is 12.8. The molecule has 4 nitrogen and oxygen atoms in total. The van der Waals surface area contributed by atoms with E-state index in [1.54, 1.807) is 29.5 Å². The van der Waals surface area contributed by atoms with Gasteiger partial charge in [0.25, 0.3) is 5.91 Å². The minimum Gasteiger partial charge on any atom is -0.399 e. The Bertz CT molecular complexity index is 592. The number of nitrogens with two attached hydrogens (primary N) is 2. The van der Waals surface area contributed by atoms with Gasteiger partial charge >= 0.3 is 0 Å². The van der Waals surface area contributed by atoms with Crippen molar-refractivity contribution in [1.29, 1.82) is 0 Å². The Morgan fingerprint density at radius 2 is 1.95 bits per heavy atom. The lowest BCUT2D eigenvalue weighted by molar-refractivity contribution is 0.0952. The van der Waals surface area contributed by atoms with Crippen LogP contribution in [0.25, 0.3) is 0 Å². The highest BCUT2D eigenvalue weighted by atomic mass is 32.1. The first-order chi connectivity index (χ1) is 9.10.